The summed E-state index contributed by atoms with van der Waals surface area (Å²) in [6.07, 6.45) is 3.87. The summed E-state index contributed by atoms with van der Waals surface area (Å²) in [5, 5.41) is 13.6. The highest BCUT2D eigenvalue weighted by atomic mass is 19.1. The van der Waals surface area contributed by atoms with Crippen LogP contribution in [0.15, 0.2) is 55.1 Å². The van der Waals surface area contributed by atoms with Crippen molar-refractivity contribution in [3.8, 4) is 5.75 Å². The van der Waals surface area contributed by atoms with Crippen LogP contribution in [-0.2, 0) is 23.3 Å². The van der Waals surface area contributed by atoms with Gasteiger partial charge in [0.1, 0.15) is 11.6 Å². The van der Waals surface area contributed by atoms with E-state index in [1.165, 1.54) is 19.1 Å². The lowest BCUT2D eigenvalue weighted by molar-refractivity contribution is -0.121. The Labute approximate surface area is 165 Å². The smallest absolute Gasteiger partial charge is 0.217 e. The molecule has 0 atom stereocenters. The second-order valence-electron chi connectivity index (χ2n) is 7.46. The van der Waals surface area contributed by atoms with Crippen LogP contribution in [0, 0.1) is 5.82 Å². The largest absolute Gasteiger partial charge is 0.507 e. The molecule has 5 heteroatoms. The van der Waals surface area contributed by atoms with Gasteiger partial charge in [0.25, 0.3) is 0 Å². The number of rotatable bonds is 6. The highest BCUT2D eigenvalue weighted by Crippen LogP contribution is 2.34. The van der Waals surface area contributed by atoms with E-state index < -0.39 is 5.54 Å². The molecule has 148 valence electrons. The van der Waals surface area contributed by atoms with Crippen LogP contribution in [0.2, 0.25) is 0 Å². The van der Waals surface area contributed by atoms with Crippen molar-refractivity contribution < 1.29 is 14.3 Å². The second-order valence-corrected chi connectivity index (χ2v) is 7.46. The van der Waals surface area contributed by atoms with Crippen molar-refractivity contribution in [3.63, 3.8) is 0 Å². The summed E-state index contributed by atoms with van der Waals surface area (Å²) in [5.41, 5.74) is 2.22. The summed E-state index contributed by atoms with van der Waals surface area (Å²) in [4.78, 5) is 14.1. The Bertz CT molecular complexity index is 840. The van der Waals surface area contributed by atoms with Crippen molar-refractivity contribution in [2.45, 2.75) is 38.3 Å². The van der Waals surface area contributed by atoms with Gasteiger partial charge in [0.05, 0.1) is 5.54 Å². The minimum Gasteiger partial charge on any atom is -0.507 e. The molecule has 0 aromatic heterocycles. The molecule has 3 rings (SSSR count). The summed E-state index contributed by atoms with van der Waals surface area (Å²) in [5.74, 6) is -0.0405. The number of carbonyl (C=O) groups excluding carboxylic acids is 1. The maximum atomic E-state index is 13.3. The first-order chi connectivity index (χ1) is 13.4. The van der Waals surface area contributed by atoms with Gasteiger partial charge in [-0.25, -0.2) is 4.39 Å². The number of para-hydroxylation sites is 1. The van der Waals surface area contributed by atoms with E-state index in [0.29, 0.717) is 18.7 Å². The molecule has 1 saturated heterocycles. The van der Waals surface area contributed by atoms with Gasteiger partial charge < -0.3 is 10.4 Å². The lowest BCUT2D eigenvalue weighted by Crippen LogP contribution is -2.52. The minimum absolute atomic E-state index is 0.0902. The molecule has 1 fully saturated rings. The molecule has 2 aromatic carbocycles. The maximum absolute atomic E-state index is 13.3. The maximum Gasteiger partial charge on any atom is 0.217 e. The zero-order chi connectivity index (χ0) is 20.1. The van der Waals surface area contributed by atoms with Crippen LogP contribution >= 0.6 is 0 Å². The van der Waals surface area contributed by atoms with Crippen LogP contribution in [0.5, 0.6) is 5.75 Å². The average molecular weight is 382 g/mol. The van der Waals surface area contributed by atoms with Gasteiger partial charge in [-0.2, -0.15) is 0 Å². The number of aromatic hydroxyl groups is 1. The van der Waals surface area contributed by atoms with Gasteiger partial charge in [-0.3, -0.25) is 9.69 Å². The van der Waals surface area contributed by atoms with Crippen molar-refractivity contribution in [2.75, 3.05) is 13.1 Å². The molecule has 0 saturated carbocycles. The summed E-state index contributed by atoms with van der Waals surface area (Å²) in [7, 11) is 0. The molecule has 1 aliphatic heterocycles. The van der Waals surface area contributed by atoms with Gasteiger partial charge in [0.2, 0.25) is 5.91 Å². The summed E-state index contributed by atoms with van der Waals surface area (Å²) < 4.78 is 13.3. The van der Waals surface area contributed by atoms with E-state index in [0.717, 1.165) is 42.6 Å². The number of benzene rings is 2. The third kappa shape index (κ3) is 4.42. The lowest BCUT2D eigenvalue weighted by atomic mass is 9.80. The number of likely N-dealkylation sites (tertiary alicyclic amines) is 1. The number of carbonyl (C=O) groups is 1. The number of phenols is 1. The van der Waals surface area contributed by atoms with E-state index in [4.69, 9.17) is 0 Å². The monoisotopic (exact) mass is 382 g/mol. The predicted molar refractivity (Wildman–Crippen MR) is 108 cm³/mol. The van der Waals surface area contributed by atoms with Crippen LogP contribution in [0.1, 0.15) is 36.5 Å². The minimum atomic E-state index is -0.483. The van der Waals surface area contributed by atoms with E-state index in [1.54, 1.807) is 18.2 Å². The normalized spacial score (nSPS) is 16.5. The van der Waals surface area contributed by atoms with Crippen molar-refractivity contribution in [3.05, 3.63) is 77.6 Å². The molecule has 2 N–H and O–H groups in total. The van der Waals surface area contributed by atoms with Crippen LogP contribution in [0.3, 0.4) is 0 Å². The molecule has 1 heterocycles. The molecule has 1 amide bonds. The molecular weight excluding hydrogens is 355 g/mol. The first-order valence-electron chi connectivity index (χ1n) is 9.61. The predicted octanol–water partition coefficient (Wildman–Crippen LogP) is 3.89. The van der Waals surface area contributed by atoms with Gasteiger partial charge in [-0.1, -0.05) is 36.4 Å². The fraction of sp³-hybridized carbons (Fsp3) is 0.348. The molecule has 0 spiro atoms. The van der Waals surface area contributed by atoms with E-state index in [1.807, 2.05) is 18.2 Å². The highest BCUT2D eigenvalue weighted by Gasteiger charge is 2.37. The number of allylic oxidation sites excluding steroid dienone is 1. The Balaban J connectivity index is 1.74. The zero-order valence-electron chi connectivity index (χ0n) is 16.2. The first kappa shape index (κ1) is 20.1. The number of phenolic OH excluding ortho intramolecular Hbond substituents is 1. The summed E-state index contributed by atoms with van der Waals surface area (Å²) in [6.45, 7) is 7.43. The van der Waals surface area contributed by atoms with Gasteiger partial charge in [-0.05, 0) is 42.5 Å². The Kier molecular flexibility index (Phi) is 6.15. The average Bonchev–Trinajstić information content (AvgIpc) is 2.67. The Morgan fingerprint density at radius 2 is 1.86 bits per heavy atom. The van der Waals surface area contributed by atoms with Crippen LogP contribution in [0.4, 0.5) is 4.39 Å². The van der Waals surface area contributed by atoms with E-state index in [9.17, 15) is 14.3 Å². The topological polar surface area (TPSA) is 52.6 Å². The summed E-state index contributed by atoms with van der Waals surface area (Å²) in [6, 6.07) is 12.2. The Hall–Kier alpha value is -2.66. The fourth-order valence-electron chi connectivity index (χ4n) is 4.02. The number of hydrogen-bond acceptors (Lipinski definition) is 3. The molecular formula is C23H27FN2O2. The Morgan fingerprint density at radius 3 is 2.46 bits per heavy atom. The molecule has 0 radical (unpaired) electrons. The zero-order valence-corrected chi connectivity index (χ0v) is 16.2. The van der Waals surface area contributed by atoms with Crippen LogP contribution in [-0.4, -0.2) is 29.0 Å². The first-order valence-corrected chi connectivity index (χ1v) is 9.61. The second kappa shape index (κ2) is 8.57. The third-order valence-corrected chi connectivity index (χ3v) is 5.48. The quantitative estimate of drug-likeness (QED) is 0.746. The van der Waals surface area contributed by atoms with Crippen LogP contribution in [0.25, 0.3) is 0 Å². The highest BCUT2D eigenvalue weighted by molar-refractivity contribution is 5.74. The number of halogens is 1. The SMILES string of the molecule is C=CCc1cccc(CN2CCC(NC(C)=O)(c3ccc(F)cc3)CC2)c1O. The molecule has 4 nitrogen and oxygen atoms in total. The van der Waals surface area contributed by atoms with Crippen molar-refractivity contribution in [1.82, 2.24) is 10.2 Å². The van der Waals surface area contributed by atoms with Crippen molar-refractivity contribution in [2.24, 2.45) is 0 Å². The van der Waals surface area contributed by atoms with Gasteiger partial charge in [-0.15, -0.1) is 6.58 Å². The van der Waals surface area contributed by atoms with E-state index >= 15 is 0 Å². The van der Waals surface area contributed by atoms with Crippen molar-refractivity contribution in [1.29, 1.82) is 0 Å². The molecule has 0 aliphatic carbocycles. The molecule has 28 heavy (non-hydrogen) atoms. The molecule has 2 aromatic rings. The van der Waals surface area contributed by atoms with E-state index in [2.05, 4.69) is 16.8 Å². The van der Waals surface area contributed by atoms with Gasteiger partial charge >= 0.3 is 0 Å². The van der Waals surface area contributed by atoms with Crippen LogP contribution < -0.4 is 5.32 Å². The molecule has 0 unspecified atom stereocenters. The standard InChI is InChI=1S/C23H27FN2O2/c1-3-5-18-6-4-7-19(22(18)28)16-26-14-12-23(13-15-26,25-17(2)27)20-8-10-21(24)11-9-20/h3-4,6-11,28H,1,5,12-16H2,2H3,(H,25,27). The molecule has 0 bridgehead atoms. The summed E-state index contributed by atoms with van der Waals surface area (Å²) >= 11 is 0. The van der Waals surface area contributed by atoms with Crippen molar-refractivity contribution >= 4 is 5.91 Å². The number of nitrogens with zero attached hydrogens (tertiary/aromatic N) is 1. The number of hydrogen-bond donors (Lipinski definition) is 2. The van der Waals surface area contributed by atoms with Gasteiger partial charge in [0, 0.05) is 32.1 Å². The number of amides is 1. The molecule has 1 aliphatic rings. The fourth-order valence-corrected chi connectivity index (χ4v) is 4.02. The number of piperidine rings is 1. The Morgan fingerprint density at radius 1 is 1.21 bits per heavy atom. The van der Waals surface area contributed by atoms with E-state index in [-0.39, 0.29) is 11.7 Å². The lowest BCUT2D eigenvalue weighted by Gasteiger charge is -2.42. The number of nitrogens with one attached hydrogen (secondary N) is 1. The third-order valence-electron chi connectivity index (χ3n) is 5.48. The van der Waals surface area contributed by atoms with Gasteiger partial charge in [0.15, 0.2) is 0 Å².